The van der Waals surface area contributed by atoms with Crippen LogP contribution in [-0.2, 0) is 18.3 Å². The van der Waals surface area contributed by atoms with E-state index in [1.165, 1.54) is 0 Å². The molecule has 4 nitrogen and oxygen atoms in total. The van der Waals surface area contributed by atoms with E-state index in [1.54, 1.807) is 4.68 Å². The van der Waals surface area contributed by atoms with Gasteiger partial charge in [0.15, 0.2) is 0 Å². The number of carbonyl (C=O) groups is 1. The molecule has 0 saturated carbocycles. The molecule has 0 aliphatic carbocycles. The average Bonchev–Trinajstić information content (AvgIpc) is 2.93. The van der Waals surface area contributed by atoms with E-state index in [1.807, 2.05) is 44.3 Å². The van der Waals surface area contributed by atoms with Gasteiger partial charge >= 0.3 is 0 Å². The van der Waals surface area contributed by atoms with Gasteiger partial charge in [-0.3, -0.25) is 9.48 Å². The van der Waals surface area contributed by atoms with Crippen LogP contribution in [0.3, 0.4) is 0 Å². The molecule has 2 aromatic rings. The van der Waals surface area contributed by atoms with Gasteiger partial charge in [0.25, 0.3) is 0 Å². The third-order valence-electron chi connectivity index (χ3n) is 3.54. The van der Waals surface area contributed by atoms with E-state index in [0.717, 1.165) is 22.7 Å². The second-order valence-corrected chi connectivity index (χ2v) is 4.95. The van der Waals surface area contributed by atoms with Crippen molar-refractivity contribution < 1.29 is 9.53 Å². The number of benzene rings is 1. The van der Waals surface area contributed by atoms with Crippen molar-refractivity contribution in [3.8, 4) is 5.75 Å². The van der Waals surface area contributed by atoms with Gasteiger partial charge in [0.1, 0.15) is 18.1 Å². The molecule has 3 rings (SSSR count). The number of ether oxygens (including phenoxy) is 1. The summed E-state index contributed by atoms with van der Waals surface area (Å²) in [6, 6.07) is 9.72. The topological polar surface area (TPSA) is 44.1 Å². The zero-order valence-electron chi connectivity index (χ0n) is 11.1. The van der Waals surface area contributed by atoms with Crippen LogP contribution in [0.4, 0.5) is 0 Å². The SMILES string of the molecule is Cc1cc(CC(=O)C2COc3ccccc32)n(C)n1. The van der Waals surface area contributed by atoms with Gasteiger partial charge < -0.3 is 4.74 Å². The highest BCUT2D eigenvalue weighted by Crippen LogP contribution is 2.34. The molecule has 1 unspecified atom stereocenters. The lowest BCUT2D eigenvalue weighted by Crippen LogP contribution is -2.17. The van der Waals surface area contributed by atoms with Gasteiger partial charge in [-0.2, -0.15) is 5.10 Å². The number of Topliss-reactive ketones (excluding diaryl/α,β-unsaturated/α-hetero) is 1. The van der Waals surface area contributed by atoms with Gasteiger partial charge in [0, 0.05) is 24.7 Å². The Labute approximate surface area is 112 Å². The zero-order valence-corrected chi connectivity index (χ0v) is 11.1. The first-order valence-corrected chi connectivity index (χ1v) is 6.39. The van der Waals surface area contributed by atoms with Gasteiger partial charge in [-0.1, -0.05) is 18.2 Å². The van der Waals surface area contributed by atoms with Crippen molar-refractivity contribution >= 4 is 5.78 Å². The minimum Gasteiger partial charge on any atom is -0.492 e. The number of ketones is 1. The predicted octanol–water partition coefficient (Wildman–Crippen LogP) is 2.02. The number of hydrogen-bond acceptors (Lipinski definition) is 3. The summed E-state index contributed by atoms with van der Waals surface area (Å²) >= 11 is 0. The second kappa shape index (κ2) is 4.53. The summed E-state index contributed by atoms with van der Waals surface area (Å²) in [4.78, 5) is 12.4. The summed E-state index contributed by atoms with van der Waals surface area (Å²) < 4.78 is 7.33. The lowest BCUT2D eigenvalue weighted by atomic mass is 9.94. The molecule has 1 aliphatic rings. The third-order valence-corrected chi connectivity index (χ3v) is 3.54. The normalized spacial score (nSPS) is 17.1. The van der Waals surface area contributed by atoms with Crippen LogP contribution in [0.2, 0.25) is 0 Å². The molecule has 0 bridgehead atoms. The molecule has 1 aliphatic heterocycles. The van der Waals surface area contributed by atoms with Crippen LogP contribution in [-0.4, -0.2) is 22.2 Å². The fourth-order valence-electron chi connectivity index (χ4n) is 2.56. The van der Waals surface area contributed by atoms with Crippen molar-refractivity contribution in [3.05, 3.63) is 47.3 Å². The molecule has 1 aromatic carbocycles. The molecule has 98 valence electrons. The Hall–Kier alpha value is -2.10. The molecule has 1 aromatic heterocycles. The van der Waals surface area contributed by atoms with E-state index in [4.69, 9.17) is 4.74 Å². The third kappa shape index (κ3) is 2.14. The number of rotatable bonds is 3. The number of aryl methyl sites for hydroxylation is 2. The van der Waals surface area contributed by atoms with Crippen molar-refractivity contribution in [1.29, 1.82) is 0 Å². The number of aromatic nitrogens is 2. The summed E-state index contributed by atoms with van der Waals surface area (Å²) in [7, 11) is 1.87. The fraction of sp³-hybridized carbons (Fsp3) is 0.333. The van der Waals surface area contributed by atoms with Crippen molar-refractivity contribution in [2.24, 2.45) is 7.05 Å². The smallest absolute Gasteiger partial charge is 0.149 e. The van der Waals surface area contributed by atoms with Crippen molar-refractivity contribution in [2.45, 2.75) is 19.3 Å². The highest BCUT2D eigenvalue weighted by atomic mass is 16.5. The monoisotopic (exact) mass is 256 g/mol. The van der Waals surface area contributed by atoms with Crippen LogP contribution >= 0.6 is 0 Å². The second-order valence-electron chi connectivity index (χ2n) is 4.95. The number of hydrogen-bond donors (Lipinski definition) is 0. The Bertz CT molecular complexity index is 631. The minimum absolute atomic E-state index is 0.147. The Morgan fingerprint density at radius 1 is 1.47 bits per heavy atom. The number of para-hydroxylation sites is 1. The molecular formula is C15H16N2O2. The van der Waals surface area contributed by atoms with Gasteiger partial charge in [-0.05, 0) is 19.1 Å². The highest BCUT2D eigenvalue weighted by molar-refractivity contribution is 5.89. The number of nitrogens with zero attached hydrogens (tertiary/aromatic N) is 2. The Balaban J connectivity index is 1.81. The molecule has 19 heavy (non-hydrogen) atoms. The van der Waals surface area contributed by atoms with Crippen LogP contribution < -0.4 is 4.74 Å². The maximum atomic E-state index is 12.4. The van der Waals surface area contributed by atoms with Crippen LogP contribution in [0.15, 0.2) is 30.3 Å². The van der Waals surface area contributed by atoms with Gasteiger partial charge in [-0.15, -0.1) is 0 Å². The molecule has 1 atom stereocenters. The van der Waals surface area contributed by atoms with E-state index in [-0.39, 0.29) is 11.7 Å². The first-order valence-electron chi connectivity index (χ1n) is 6.39. The molecule has 4 heteroatoms. The standard InChI is InChI=1S/C15H16N2O2/c1-10-7-11(17(2)16-10)8-14(18)13-9-19-15-6-4-3-5-12(13)15/h3-7,13H,8-9H2,1-2H3. The molecule has 0 fully saturated rings. The van der Waals surface area contributed by atoms with Gasteiger partial charge in [0.05, 0.1) is 11.6 Å². The lowest BCUT2D eigenvalue weighted by molar-refractivity contribution is -0.120. The van der Waals surface area contributed by atoms with Crippen molar-refractivity contribution in [3.63, 3.8) is 0 Å². The van der Waals surface area contributed by atoms with Crippen molar-refractivity contribution in [1.82, 2.24) is 9.78 Å². The molecule has 0 N–H and O–H groups in total. The van der Waals surface area contributed by atoms with Crippen LogP contribution in [0.1, 0.15) is 22.9 Å². The minimum atomic E-state index is -0.147. The summed E-state index contributed by atoms with van der Waals surface area (Å²) in [6.45, 7) is 2.39. The van der Waals surface area contributed by atoms with Gasteiger partial charge in [-0.25, -0.2) is 0 Å². The van der Waals surface area contributed by atoms with E-state index in [9.17, 15) is 4.79 Å². The first-order chi connectivity index (χ1) is 9.15. The molecular weight excluding hydrogens is 240 g/mol. The molecule has 0 amide bonds. The lowest BCUT2D eigenvalue weighted by Gasteiger charge is -2.07. The highest BCUT2D eigenvalue weighted by Gasteiger charge is 2.30. The van der Waals surface area contributed by atoms with Crippen LogP contribution in [0.25, 0.3) is 0 Å². The summed E-state index contributed by atoms with van der Waals surface area (Å²) in [5, 5.41) is 4.27. The maximum absolute atomic E-state index is 12.4. The quantitative estimate of drug-likeness (QED) is 0.844. The Morgan fingerprint density at radius 2 is 2.26 bits per heavy atom. The maximum Gasteiger partial charge on any atom is 0.149 e. The summed E-state index contributed by atoms with van der Waals surface area (Å²) in [6.07, 6.45) is 0.402. The van der Waals surface area contributed by atoms with Crippen LogP contribution in [0, 0.1) is 6.92 Å². The zero-order chi connectivity index (χ0) is 13.4. The number of fused-ring (bicyclic) bond motifs is 1. The summed E-state index contributed by atoms with van der Waals surface area (Å²) in [5.41, 5.74) is 2.90. The van der Waals surface area contributed by atoms with E-state index in [0.29, 0.717) is 13.0 Å². The molecule has 2 heterocycles. The van der Waals surface area contributed by atoms with E-state index < -0.39 is 0 Å². The van der Waals surface area contributed by atoms with E-state index >= 15 is 0 Å². The first kappa shape index (κ1) is 12.0. The Kier molecular flexibility index (Phi) is 2.85. The van der Waals surface area contributed by atoms with E-state index in [2.05, 4.69) is 5.10 Å². The molecule has 0 spiro atoms. The van der Waals surface area contributed by atoms with Crippen molar-refractivity contribution in [2.75, 3.05) is 6.61 Å². The molecule has 0 radical (unpaired) electrons. The molecule has 0 saturated heterocycles. The largest absolute Gasteiger partial charge is 0.492 e. The summed E-state index contributed by atoms with van der Waals surface area (Å²) in [5.74, 6) is 0.876. The Morgan fingerprint density at radius 3 is 3.00 bits per heavy atom. The van der Waals surface area contributed by atoms with Crippen LogP contribution in [0.5, 0.6) is 5.75 Å². The predicted molar refractivity (Wildman–Crippen MR) is 71.3 cm³/mol. The fourth-order valence-corrected chi connectivity index (χ4v) is 2.56. The number of carbonyl (C=O) groups excluding carboxylic acids is 1. The average molecular weight is 256 g/mol. The van der Waals surface area contributed by atoms with Gasteiger partial charge in [0.2, 0.25) is 0 Å².